The Labute approximate surface area is 106 Å². The molecule has 3 heterocycles. The highest BCUT2D eigenvalue weighted by Crippen LogP contribution is 2.27. The standard InChI is InChI=1S/C11H12F3N5/c12-11(13,14)9-17-10-16-5-8(6-19(10)18-9)7-1-3-15-4-2-7/h5-7,15H,1-4H2. The fraction of sp³-hybridized carbons (Fsp3) is 0.545. The Morgan fingerprint density at radius 1 is 1.26 bits per heavy atom. The average molecular weight is 271 g/mol. The van der Waals surface area contributed by atoms with Gasteiger partial charge in [0.05, 0.1) is 0 Å². The quantitative estimate of drug-likeness (QED) is 0.856. The van der Waals surface area contributed by atoms with Crippen LogP contribution in [0.3, 0.4) is 0 Å². The highest BCUT2D eigenvalue weighted by molar-refractivity contribution is 5.29. The van der Waals surface area contributed by atoms with Crippen LogP contribution in [0, 0.1) is 0 Å². The average Bonchev–Trinajstić information content (AvgIpc) is 2.82. The number of rotatable bonds is 1. The molecule has 1 aliphatic rings. The van der Waals surface area contributed by atoms with E-state index < -0.39 is 12.0 Å². The summed E-state index contributed by atoms with van der Waals surface area (Å²) in [7, 11) is 0. The van der Waals surface area contributed by atoms with Crippen LogP contribution in [-0.4, -0.2) is 32.7 Å². The van der Waals surface area contributed by atoms with E-state index in [0.29, 0.717) is 5.92 Å². The Kier molecular flexibility index (Phi) is 2.89. The van der Waals surface area contributed by atoms with Crippen LogP contribution >= 0.6 is 0 Å². The number of piperidine rings is 1. The summed E-state index contributed by atoms with van der Waals surface area (Å²) in [6, 6.07) is 0. The largest absolute Gasteiger partial charge is 0.453 e. The molecule has 19 heavy (non-hydrogen) atoms. The minimum absolute atomic E-state index is 0.0231. The maximum absolute atomic E-state index is 12.5. The molecule has 2 aromatic heterocycles. The Balaban J connectivity index is 1.96. The molecule has 102 valence electrons. The SMILES string of the molecule is FC(F)(F)c1nc2ncc(C3CCNCC3)cn2n1. The number of hydrogen-bond acceptors (Lipinski definition) is 4. The minimum atomic E-state index is -4.54. The molecule has 0 saturated carbocycles. The smallest absolute Gasteiger partial charge is 0.317 e. The van der Waals surface area contributed by atoms with Crippen molar-refractivity contribution >= 4 is 5.78 Å². The second-order valence-corrected chi connectivity index (χ2v) is 4.59. The van der Waals surface area contributed by atoms with Gasteiger partial charge in [0.2, 0.25) is 0 Å². The lowest BCUT2D eigenvalue weighted by molar-refractivity contribution is -0.144. The van der Waals surface area contributed by atoms with Gasteiger partial charge in [0.25, 0.3) is 11.6 Å². The van der Waals surface area contributed by atoms with E-state index in [1.807, 2.05) is 0 Å². The summed E-state index contributed by atoms with van der Waals surface area (Å²) in [5.74, 6) is -0.857. The van der Waals surface area contributed by atoms with Gasteiger partial charge >= 0.3 is 6.18 Å². The first-order valence-electron chi connectivity index (χ1n) is 6.04. The molecule has 8 heteroatoms. The zero-order chi connectivity index (χ0) is 13.5. The fourth-order valence-corrected chi connectivity index (χ4v) is 2.28. The Morgan fingerprint density at radius 3 is 2.68 bits per heavy atom. The normalized spacial score (nSPS) is 18.1. The summed E-state index contributed by atoms with van der Waals surface area (Å²) in [6.45, 7) is 1.82. The second kappa shape index (κ2) is 4.44. The van der Waals surface area contributed by atoms with Crippen LogP contribution in [-0.2, 0) is 6.18 Å². The molecule has 1 saturated heterocycles. The van der Waals surface area contributed by atoms with Gasteiger partial charge in [-0.25, -0.2) is 9.50 Å². The van der Waals surface area contributed by atoms with E-state index >= 15 is 0 Å². The third-order valence-electron chi connectivity index (χ3n) is 3.28. The van der Waals surface area contributed by atoms with Crippen LogP contribution in [0.5, 0.6) is 0 Å². The van der Waals surface area contributed by atoms with Crippen LogP contribution in [0.2, 0.25) is 0 Å². The predicted molar refractivity (Wildman–Crippen MR) is 60.6 cm³/mol. The van der Waals surface area contributed by atoms with Crippen molar-refractivity contribution < 1.29 is 13.2 Å². The van der Waals surface area contributed by atoms with Crippen LogP contribution in [0.15, 0.2) is 12.4 Å². The molecule has 0 aliphatic carbocycles. The lowest BCUT2D eigenvalue weighted by Gasteiger charge is -2.22. The highest BCUT2D eigenvalue weighted by Gasteiger charge is 2.36. The maximum atomic E-state index is 12.5. The monoisotopic (exact) mass is 271 g/mol. The van der Waals surface area contributed by atoms with Gasteiger partial charge in [0, 0.05) is 12.4 Å². The van der Waals surface area contributed by atoms with Gasteiger partial charge in [-0.3, -0.25) is 0 Å². The van der Waals surface area contributed by atoms with E-state index in [4.69, 9.17) is 0 Å². The van der Waals surface area contributed by atoms with Crippen molar-refractivity contribution in [3.05, 3.63) is 23.8 Å². The van der Waals surface area contributed by atoms with Gasteiger partial charge < -0.3 is 5.32 Å². The third kappa shape index (κ3) is 2.40. The molecule has 5 nitrogen and oxygen atoms in total. The lowest BCUT2D eigenvalue weighted by Crippen LogP contribution is -2.26. The molecule has 1 aliphatic heterocycles. The number of nitrogens with one attached hydrogen (secondary N) is 1. The molecule has 2 aromatic rings. The summed E-state index contributed by atoms with van der Waals surface area (Å²) in [4.78, 5) is 7.33. The number of aromatic nitrogens is 4. The summed E-state index contributed by atoms with van der Waals surface area (Å²) in [5.41, 5.74) is 0.910. The summed E-state index contributed by atoms with van der Waals surface area (Å²) in [5, 5.41) is 6.68. The summed E-state index contributed by atoms with van der Waals surface area (Å²) < 4.78 is 38.6. The van der Waals surface area contributed by atoms with Crippen molar-refractivity contribution in [2.24, 2.45) is 0 Å². The number of alkyl halides is 3. The molecule has 0 spiro atoms. The van der Waals surface area contributed by atoms with Gasteiger partial charge in [0.15, 0.2) is 0 Å². The van der Waals surface area contributed by atoms with Gasteiger partial charge in [-0.15, -0.1) is 5.10 Å². The molecule has 0 aromatic carbocycles. The number of fused-ring (bicyclic) bond motifs is 1. The summed E-state index contributed by atoms with van der Waals surface area (Å²) in [6.07, 6.45) is 0.561. The Bertz CT molecular complexity index is 586. The molecule has 1 fully saturated rings. The Hall–Kier alpha value is -1.70. The first kappa shape index (κ1) is 12.3. The minimum Gasteiger partial charge on any atom is -0.317 e. The molecule has 3 rings (SSSR count). The zero-order valence-corrected chi connectivity index (χ0v) is 9.98. The van der Waals surface area contributed by atoms with Crippen molar-refractivity contribution in [3.63, 3.8) is 0 Å². The lowest BCUT2D eigenvalue weighted by atomic mass is 9.92. The van der Waals surface area contributed by atoms with E-state index in [0.717, 1.165) is 36.0 Å². The van der Waals surface area contributed by atoms with Crippen molar-refractivity contribution in [2.75, 3.05) is 13.1 Å². The van der Waals surface area contributed by atoms with E-state index in [1.54, 1.807) is 12.4 Å². The van der Waals surface area contributed by atoms with E-state index in [9.17, 15) is 13.2 Å². The maximum Gasteiger partial charge on any atom is 0.453 e. The second-order valence-electron chi connectivity index (χ2n) is 4.59. The molecule has 0 atom stereocenters. The molecule has 1 N–H and O–H groups in total. The van der Waals surface area contributed by atoms with Crippen LogP contribution in [0.1, 0.15) is 30.1 Å². The third-order valence-corrected chi connectivity index (χ3v) is 3.28. The highest BCUT2D eigenvalue weighted by atomic mass is 19.4. The first-order valence-corrected chi connectivity index (χ1v) is 6.04. The van der Waals surface area contributed by atoms with Crippen LogP contribution in [0.25, 0.3) is 5.78 Å². The van der Waals surface area contributed by atoms with E-state index in [2.05, 4.69) is 20.4 Å². The van der Waals surface area contributed by atoms with Crippen molar-refractivity contribution in [1.29, 1.82) is 0 Å². The first-order chi connectivity index (χ1) is 9.04. The number of halogens is 3. The molecule has 0 bridgehead atoms. The number of hydrogen-bond donors (Lipinski definition) is 1. The molecule has 0 amide bonds. The van der Waals surface area contributed by atoms with Crippen molar-refractivity contribution in [1.82, 2.24) is 24.9 Å². The zero-order valence-electron chi connectivity index (χ0n) is 9.98. The van der Waals surface area contributed by atoms with Gasteiger partial charge in [-0.1, -0.05) is 0 Å². The van der Waals surface area contributed by atoms with E-state index in [1.165, 1.54) is 0 Å². The molecular weight excluding hydrogens is 259 g/mol. The molecular formula is C11H12F3N5. The predicted octanol–water partition coefficient (Wildman–Crippen LogP) is 1.61. The topological polar surface area (TPSA) is 55.1 Å². The van der Waals surface area contributed by atoms with Crippen molar-refractivity contribution in [2.45, 2.75) is 24.9 Å². The van der Waals surface area contributed by atoms with Crippen molar-refractivity contribution in [3.8, 4) is 0 Å². The van der Waals surface area contributed by atoms with Gasteiger partial charge in [0.1, 0.15) is 0 Å². The molecule has 0 unspecified atom stereocenters. The van der Waals surface area contributed by atoms with Crippen LogP contribution in [0.4, 0.5) is 13.2 Å². The number of nitrogens with zero attached hydrogens (tertiary/aromatic N) is 4. The van der Waals surface area contributed by atoms with Gasteiger partial charge in [-0.05, 0) is 37.4 Å². The fourth-order valence-electron chi connectivity index (χ4n) is 2.28. The Morgan fingerprint density at radius 2 is 2.00 bits per heavy atom. The molecule has 0 radical (unpaired) electrons. The summed E-state index contributed by atoms with van der Waals surface area (Å²) >= 11 is 0. The van der Waals surface area contributed by atoms with Gasteiger partial charge in [-0.2, -0.15) is 18.2 Å². The van der Waals surface area contributed by atoms with E-state index in [-0.39, 0.29) is 5.78 Å². The van der Waals surface area contributed by atoms with Crippen LogP contribution < -0.4 is 5.32 Å².